The van der Waals surface area contributed by atoms with Gasteiger partial charge in [0.1, 0.15) is 5.25 Å². The lowest BCUT2D eigenvalue weighted by atomic mass is 9.81. The van der Waals surface area contributed by atoms with Crippen molar-refractivity contribution in [1.82, 2.24) is 0 Å². The van der Waals surface area contributed by atoms with E-state index in [0.717, 1.165) is 0 Å². The molecule has 0 atom stereocenters. The monoisotopic (exact) mass is 313 g/mol. The van der Waals surface area contributed by atoms with Gasteiger partial charge in [0.05, 0.1) is 0 Å². The van der Waals surface area contributed by atoms with E-state index in [2.05, 4.69) is 12.6 Å². The van der Waals surface area contributed by atoms with Crippen molar-refractivity contribution in [2.45, 2.75) is 19.4 Å². The van der Waals surface area contributed by atoms with Gasteiger partial charge in [-0.15, -0.1) is 0 Å². The van der Waals surface area contributed by atoms with Gasteiger partial charge in [0, 0.05) is 18.1 Å². The molecule has 2 aromatic carbocycles. The quantitative estimate of drug-likeness (QED) is 0.678. The van der Waals surface area contributed by atoms with E-state index in [1.165, 1.54) is 13.8 Å². The Morgan fingerprint density at radius 3 is 1.59 bits per heavy atom. The first kappa shape index (κ1) is 16.3. The van der Waals surface area contributed by atoms with Crippen LogP contribution in [0.25, 0.3) is 0 Å². The molecule has 0 aromatic heterocycles. The van der Waals surface area contributed by atoms with Crippen molar-refractivity contribution in [3.8, 4) is 0 Å². The van der Waals surface area contributed by atoms with Gasteiger partial charge >= 0.3 is 5.97 Å². The highest BCUT2D eigenvalue weighted by Crippen LogP contribution is 2.44. The summed E-state index contributed by atoms with van der Waals surface area (Å²) in [6, 6.07) is 18.3. The molecule has 0 aliphatic rings. The van der Waals surface area contributed by atoms with E-state index in [9.17, 15) is 9.59 Å². The molecule has 1 radical (unpaired) electrons. The van der Waals surface area contributed by atoms with E-state index >= 15 is 0 Å². The summed E-state index contributed by atoms with van der Waals surface area (Å²) >= 11 is 4.39. The number of benzene rings is 2. The lowest BCUT2D eigenvalue weighted by molar-refractivity contribution is -0.152. The van der Waals surface area contributed by atoms with Gasteiger partial charge in [-0.05, 0) is 6.92 Å². The molecule has 0 aliphatic heterocycles. The normalized spacial score (nSPS) is 11.3. The third-order valence-electron chi connectivity index (χ3n) is 3.32. The molecule has 0 saturated carbocycles. The predicted octanol–water partition coefficient (Wildman–Crippen LogP) is 3.54. The number of esters is 1. The van der Waals surface area contributed by atoms with Gasteiger partial charge in [0.25, 0.3) is 0 Å². The van der Waals surface area contributed by atoms with Crippen LogP contribution in [0.1, 0.15) is 25.0 Å². The second-order valence-electron chi connectivity index (χ2n) is 4.91. The number of thiol groups is 1. The van der Waals surface area contributed by atoms with Crippen LogP contribution >= 0.6 is 12.6 Å². The van der Waals surface area contributed by atoms with Gasteiger partial charge < -0.3 is 4.74 Å². The van der Waals surface area contributed by atoms with E-state index in [1.54, 1.807) is 0 Å². The number of carbonyl (C=O) groups is 2. The van der Waals surface area contributed by atoms with E-state index in [0.29, 0.717) is 11.1 Å². The molecule has 3 nitrogen and oxygen atoms in total. The van der Waals surface area contributed by atoms with Crippen molar-refractivity contribution in [1.29, 1.82) is 0 Å². The SMILES string of the molecule is CC(=O)OC([C](S)C(C)=O)(c1ccccc1)c1ccccc1. The molecule has 0 saturated heterocycles. The Hall–Kier alpha value is -2.07. The minimum atomic E-state index is -1.33. The van der Waals surface area contributed by atoms with Crippen molar-refractivity contribution < 1.29 is 14.3 Å². The maximum Gasteiger partial charge on any atom is 0.303 e. The third-order valence-corrected chi connectivity index (χ3v) is 3.95. The van der Waals surface area contributed by atoms with Gasteiger partial charge in [0.2, 0.25) is 0 Å². The summed E-state index contributed by atoms with van der Waals surface area (Å²) in [4.78, 5) is 23.8. The Morgan fingerprint density at radius 1 is 0.864 bits per heavy atom. The Morgan fingerprint density at radius 2 is 1.27 bits per heavy atom. The summed E-state index contributed by atoms with van der Waals surface area (Å²) in [5.74, 6) is -0.738. The van der Waals surface area contributed by atoms with Crippen LogP contribution in [0.4, 0.5) is 0 Å². The topological polar surface area (TPSA) is 43.4 Å². The van der Waals surface area contributed by atoms with Gasteiger partial charge in [0.15, 0.2) is 11.4 Å². The summed E-state index contributed by atoms with van der Waals surface area (Å²) in [5.41, 5.74) is 0.0248. The van der Waals surface area contributed by atoms with Crippen molar-refractivity contribution >= 4 is 24.4 Å². The van der Waals surface area contributed by atoms with Gasteiger partial charge in [-0.3, -0.25) is 9.59 Å². The molecule has 22 heavy (non-hydrogen) atoms. The average Bonchev–Trinajstić information content (AvgIpc) is 2.53. The van der Waals surface area contributed by atoms with Gasteiger partial charge in [-0.1, -0.05) is 60.7 Å². The molecule has 4 heteroatoms. The number of Topliss-reactive ketones (excluding diaryl/α,β-unsaturated/α-hetero) is 1. The number of rotatable bonds is 5. The van der Waals surface area contributed by atoms with E-state index in [-0.39, 0.29) is 11.0 Å². The molecule has 113 valence electrons. The summed E-state index contributed by atoms with van der Waals surface area (Å²) in [6.45, 7) is 2.73. The molecule has 0 N–H and O–H groups in total. The highest BCUT2D eigenvalue weighted by atomic mass is 32.1. The third kappa shape index (κ3) is 3.07. The summed E-state index contributed by atoms with van der Waals surface area (Å²) in [7, 11) is 0. The van der Waals surface area contributed by atoms with Crippen LogP contribution in [0.15, 0.2) is 60.7 Å². The smallest absolute Gasteiger partial charge is 0.303 e. The molecule has 0 heterocycles. The fourth-order valence-electron chi connectivity index (χ4n) is 2.42. The number of hydrogen-bond donors (Lipinski definition) is 1. The molecule has 0 amide bonds. The van der Waals surface area contributed by atoms with Gasteiger partial charge in [-0.25, -0.2) is 0 Å². The van der Waals surface area contributed by atoms with Crippen molar-refractivity contribution in [2.75, 3.05) is 0 Å². The molecular formula is C18H17O3S. The van der Waals surface area contributed by atoms with Crippen LogP contribution < -0.4 is 0 Å². The minimum Gasteiger partial charge on any atom is -0.447 e. The maximum atomic E-state index is 12.0. The lowest BCUT2D eigenvalue weighted by Crippen LogP contribution is -2.40. The maximum absolute atomic E-state index is 12.0. The van der Waals surface area contributed by atoms with Crippen LogP contribution in [-0.4, -0.2) is 11.8 Å². The predicted molar refractivity (Wildman–Crippen MR) is 88.3 cm³/mol. The first-order chi connectivity index (χ1) is 10.5. The zero-order valence-corrected chi connectivity index (χ0v) is 13.3. The fourth-order valence-corrected chi connectivity index (χ4v) is 2.72. The van der Waals surface area contributed by atoms with Crippen LogP contribution in [0, 0.1) is 5.25 Å². The summed E-state index contributed by atoms with van der Waals surface area (Å²) < 4.78 is 5.66. The number of ketones is 1. The van der Waals surface area contributed by atoms with Crippen molar-refractivity contribution in [3.05, 3.63) is 77.0 Å². The average molecular weight is 313 g/mol. The zero-order chi connectivity index (χ0) is 16.2. The molecule has 0 bridgehead atoms. The van der Waals surface area contributed by atoms with Crippen molar-refractivity contribution in [2.24, 2.45) is 0 Å². The molecule has 2 rings (SSSR count). The number of carbonyl (C=O) groups excluding carboxylic acids is 2. The summed E-state index contributed by atoms with van der Waals surface area (Å²) in [6.07, 6.45) is 0. The van der Waals surface area contributed by atoms with Crippen molar-refractivity contribution in [3.63, 3.8) is 0 Å². The Labute approximate surface area is 135 Å². The number of hydrogen-bond acceptors (Lipinski definition) is 4. The zero-order valence-electron chi connectivity index (χ0n) is 12.4. The number of ether oxygens (including phenoxy) is 1. The highest BCUT2D eigenvalue weighted by molar-refractivity contribution is 7.84. The van der Waals surface area contributed by atoms with Crippen LogP contribution in [0.3, 0.4) is 0 Å². The second-order valence-corrected chi connectivity index (χ2v) is 5.36. The lowest BCUT2D eigenvalue weighted by Gasteiger charge is -2.37. The Balaban J connectivity index is 2.74. The van der Waals surface area contributed by atoms with Crippen LogP contribution in [0.5, 0.6) is 0 Å². The first-order valence-electron chi connectivity index (χ1n) is 6.86. The van der Waals surface area contributed by atoms with Crippen LogP contribution in [-0.2, 0) is 19.9 Å². The Kier molecular flexibility index (Phi) is 5.03. The minimum absolute atomic E-state index is 0.167. The Bertz CT molecular complexity index is 613. The second kappa shape index (κ2) is 6.79. The van der Waals surface area contributed by atoms with E-state index in [4.69, 9.17) is 4.74 Å². The summed E-state index contributed by atoms with van der Waals surface area (Å²) in [5, 5.41) is 0.167. The molecular weight excluding hydrogens is 296 g/mol. The van der Waals surface area contributed by atoms with E-state index in [1.807, 2.05) is 60.7 Å². The molecule has 2 aromatic rings. The molecule has 0 fully saturated rings. The molecule has 0 unspecified atom stereocenters. The van der Waals surface area contributed by atoms with Gasteiger partial charge in [-0.2, -0.15) is 12.6 Å². The largest absolute Gasteiger partial charge is 0.447 e. The van der Waals surface area contributed by atoms with Crippen LogP contribution in [0.2, 0.25) is 0 Å². The highest BCUT2D eigenvalue weighted by Gasteiger charge is 2.47. The van der Waals surface area contributed by atoms with E-state index < -0.39 is 11.6 Å². The molecule has 0 aliphatic carbocycles. The molecule has 0 spiro atoms. The standard InChI is InChI=1S/C18H17O3S/c1-13(19)17(22)18(21-14(2)20,15-9-5-3-6-10-15)16-11-7-4-8-12-16/h3-12,22H,1-2H3. The first-order valence-corrected chi connectivity index (χ1v) is 7.31. The fraction of sp³-hybridized carbons (Fsp3) is 0.167.